The van der Waals surface area contributed by atoms with Gasteiger partial charge in [-0.05, 0) is 61.8 Å². The zero-order chi connectivity index (χ0) is 29.0. The molecule has 1 heterocycles. The van der Waals surface area contributed by atoms with Gasteiger partial charge in [0.05, 0.1) is 12.1 Å². The van der Waals surface area contributed by atoms with Crippen molar-refractivity contribution in [2.24, 2.45) is 11.8 Å². The van der Waals surface area contributed by atoms with E-state index in [4.69, 9.17) is 23.8 Å². The van der Waals surface area contributed by atoms with Gasteiger partial charge in [-0.1, -0.05) is 43.8 Å². The number of hydrogen-bond donors (Lipinski definition) is 3. The van der Waals surface area contributed by atoms with Crippen LogP contribution in [0.3, 0.4) is 0 Å². The molecule has 10 heteroatoms. The van der Waals surface area contributed by atoms with Crippen molar-refractivity contribution in [2.45, 2.75) is 33.1 Å². The molecule has 0 aliphatic heterocycles. The summed E-state index contributed by atoms with van der Waals surface area (Å²) in [4.78, 5) is 17.7. The van der Waals surface area contributed by atoms with Crippen LogP contribution in [0.5, 0.6) is 5.75 Å². The summed E-state index contributed by atoms with van der Waals surface area (Å²) in [6.45, 7) is 3.07. The highest BCUT2D eigenvalue weighted by Gasteiger charge is 2.22. The average molecular weight is 593 g/mol. The molecule has 0 atom stereocenters. The Kier molecular flexibility index (Phi) is 13.1. The Morgan fingerprint density at radius 3 is 2.24 bits per heavy atom. The first-order valence-corrected chi connectivity index (χ1v) is 14.4. The quantitative estimate of drug-likeness (QED) is 0.134. The number of rotatable bonds is 12. The maximum atomic E-state index is 7.83. The summed E-state index contributed by atoms with van der Waals surface area (Å²) in [5.41, 5.74) is 5.39. The molecule has 0 saturated heterocycles. The van der Waals surface area contributed by atoms with Gasteiger partial charge in [0.15, 0.2) is 18.3 Å². The molecule has 1 saturated carbocycles. The molecular weight excluding hydrogens is 548 g/mol. The van der Waals surface area contributed by atoms with Gasteiger partial charge >= 0.3 is 0 Å². The van der Waals surface area contributed by atoms with Crippen LogP contribution < -0.4 is 25.9 Å². The maximum Gasteiger partial charge on any atom is 0.225 e. The van der Waals surface area contributed by atoms with Gasteiger partial charge in [0.2, 0.25) is 5.95 Å². The average Bonchev–Trinajstić information content (AvgIpc) is 3.01. The standard InChI is InChI=1S/C31H40N6O2.CH4.OS/c1-37(2)28-12-6-10-25-24(28)9-7-13-29(25)39-34-21-23-16-14-22(15-17-23)20-33-31-35-27-11-5-4-8-26(27)30(36-31)32-18-19-38-3;;1-2/h4-13,22-23,34H,14-21H2,1-3H3,(H2,32,33,35,36);1H4;. The Morgan fingerprint density at radius 2 is 1.50 bits per heavy atom. The first-order valence-electron chi connectivity index (χ1n) is 14.1. The summed E-state index contributed by atoms with van der Waals surface area (Å²) in [5.74, 6) is 3.63. The molecule has 0 unspecified atom stereocenters. The van der Waals surface area contributed by atoms with Gasteiger partial charge in [-0.2, -0.15) is 14.7 Å². The van der Waals surface area contributed by atoms with E-state index in [2.05, 4.69) is 84.0 Å². The summed E-state index contributed by atoms with van der Waals surface area (Å²) in [6, 6.07) is 20.7. The van der Waals surface area contributed by atoms with Gasteiger partial charge in [0, 0.05) is 62.7 Å². The van der Waals surface area contributed by atoms with Crippen LogP contribution in [0.1, 0.15) is 33.1 Å². The minimum atomic E-state index is 0. The highest BCUT2D eigenvalue weighted by Crippen LogP contribution is 2.32. The Hall–Kier alpha value is -3.60. The predicted octanol–water partition coefficient (Wildman–Crippen LogP) is 6.01. The van der Waals surface area contributed by atoms with E-state index in [0.717, 1.165) is 40.9 Å². The summed E-state index contributed by atoms with van der Waals surface area (Å²) in [7, 11) is 5.84. The Morgan fingerprint density at radius 1 is 0.833 bits per heavy atom. The summed E-state index contributed by atoms with van der Waals surface area (Å²) in [6.07, 6.45) is 4.75. The lowest BCUT2D eigenvalue weighted by atomic mass is 9.82. The van der Waals surface area contributed by atoms with Crippen LogP contribution in [0.4, 0.5) is 17.5 Å². The molecule has 1 aromatic heterocycles. The lowest BCUT2D eigenvalue weighted by molar-refractivity contribution is 0.157. The van der Waals surface area contributed by atoms with E-state index < -0.39 is 0 Å². The van der Waals surface area contributed by atoms with Crippen LogP contribution in [0.2, 0.25) is 0 Å². The second kappa shape index (κ2) is 16.7. The number of benzene rings is 3. The molecule has 3 aromatic carbocycles. The Balaban J connectivity index is 0.00000158. The van der Waals surface area contributed by atoms with Crippen molar-refractivity contribution in [3.05, 3.63) is 60.7 Å². The normalized spacial score (nSPS) is 16.2. The van der Waals surface area contributed by atoms with E-state index in [9.17, 15) is 0 Å². The predicted molar refractivity (Wildman–Crippen MR) is 176 cm³/mol. The van der Waals surface area contributed by atoms with Crippen LogP contribution in [0.15, 0.2) is 60.7 Å². The van der Waals surface area contributed by atoms with Crippen molar-refractivity contribution >= 4 is 51.7 Å². The Bertz CT molecular complexity index is 1400. The summed E-state index contributed by atoms with van der Waals surface area (Å²) >= 11 is 2.83. The molecular formula is C32H44N6O3S. The monoisotopic (exact) mass is 592 g/mol. The number of ether oxygens (including phenoxy) is 1. The van der Waals surface area contributed by atoms with E-state index in [1.54, 1.807) is 7.11 Å². The second-order valence-corrected chi connectivity index (χ2v) is 10.6. The van der Waals surface area contributed by atoms with Crippen molar-refractivity contribution in [1.29, 1.82) is 0 Å². The minimum absolute atomic E-state index is 0. The molecule has 4 aromatic rings. The molecule has 1 fully saturated rings. The molecule has 0 spiro atoms. The second-order valence-electron chi connectivity index (χ2n) is 10.6. The molecule has 1 aliphatic carbocycles. The number of hydrogen-bond acceptors (Lipinski definition) is 10. The molecule has 42 heavy (non-hydrogen) atoms. The molecule has 3 N–H and O–H groups in total. The van der Waals surface area contributed by atoms with Crippen LogP contribution in [-0.2, 0) is 17.3 Å². The van der Waals surface area contributed by atoms with Crippen LogP contribution in [-0.4, -0.2) is 61.6 Å². The highest BCUT2D eigenvalue weighted by molar-refractivity contribution is 7.44. The first kappa shape index (κ1) is 32.9. The van der Waals surface area contributed by atoms with Crippen molar-refractivity contribution in [2.75, 3.05) is 63.0 Å². The molecule has 0 amide bonds. The fourth-order valence-corrected chi connectivity index (χ4v) is 5.42. The smallest absolute Gasteiger partial charge is 0.225 e. The van der Waals surface area contributed by atoms with Gasteiger partial charge in [0.25, 0.3) is 0 Å². The maximum absolute atomic E-state index is 7.83. The van der Waals surface area contributed by atoms with Gasteiger partial charge < -0.3 is 25.1 Å². The number of nitrogens with zero attached hydrogens (tertiary/aromatic N) is 3. The number of anilines is 3. The third-order valence-corrected chi connectivity index (χ3v) is 7.61. The van der Waals surface area contributed by atoms with Crippen molar-refractivity contribution in [3.8, 4) is 5.75 Å². The van der Waals surface area contributed by atoms with Crippen molar-refractivity contribution in [3.63, 3.8) is 0 Å². The zero-order valence-electron chi connectivity index (χ0n) is 24.1. The fourth-order valence-electron chi connectivity index (χ4n) is 5.42. The third-order valence-electron chi connectivity index (χ3n) is 7.61. The van der Waals surface area contributed by atoms with Crippen LogP contribution in [0, 0.1) is 11.8 Å². The van der Waals surface area contributed by atoms with E-state index in [-0.39, 0.29) is 7.43 Å². The van der Waals surface area contributed by atoms with E-state index >= 15 is 0 Å². The van der Waals surface area contributed by atoms with Crippen LogP contribution >= 0.6 is 0 Å². The van der Waals surface area contributed by atoms with E-state index in [1.165, 1.54) is 36.8 Å². The lowest BCUT2D eigenvalue weighted by Crippen LogP contribution is -2.30. The van der Waals surface area contributed by atoms with Gasteiger partial charge in [-0.15, -0.1) is 0 Å². The molecule has 5 rings (SSSR count). The van der Waals surface area contributed by atoms with Gasteiger partial charge in [0.1, 0.15) is 5.82 Å². The minimum Gasteiger partial charge on any atom is -0.408 e. The zero-order valence-corrected chi connectivity index (χ0v) is 24.9. The third kappa shape index (κ3) is 8.47. The van der Waals surface area contributed by atoms with Crippen molar-refractivity contribution in [1.82, 2.24) is 15.4 Å². The summed E-state index contributed by atoms with van der Waals surface area (Å²) in [5, 5.41) is 10.2. The number of para-hydroxylation sites is 1. The van der Waals surface area contributed by atoms with Gasteiger partial charge in [-0.3, -0.25) is 0 Å². The molecule has 0 bridgehead atoms. The Labute approximate surface area is 254 Å². The lowest BCUT2D eigenvalue weighted by Gasteiger charge is -2.28. The number of aromatic nitrogens is 2. The summed E-state index contributed by atoms with van der Waals surface area (Å²) < 4.78 is 13.0. The number of fused-ring (bicyclic) bond motifs is 2. The molecule has 1 aliphatic rings. The largest absolute Gasteiger partial charge is 0.408 e. The number of methoxy groups -OCH3 is 1. The van der Waals surface area contributed by atoms with Crippen LogP contribution in [0.25, 0.3) is 21.7 Å². The SMILES string of the molecule is C.COCCNc1nc(NCC2CCC(CNOc3cccc4c(N(C)C)cccc34)CC2)nc2ccccc12.O=S. The topological polar surface area (TPSA) is 101 Å². The first-order chi connectivity index (χ1) is 20.1. The van der Waals surface area contributed by atoms with E-state index in [0.29, 0.717) is 30.9 Å². The van der Waals surface area contributed by atoms with Crippen molar-refractivity contribution < 1.29 is 13.8 Å². The highest BCUT2D eigenvalue weighted by atomic mass is 32.1. The van der Waals surface area contributed by atoms with Gasteiger partial charge in [-0.25, -0.2) is 4.98 Å². The fraction of sp³-hybridized carbons (Fsp3) is 0.438. The molecule has 9 nitrogen and oxygen atoms in total. The van der Waals surface area contributed by atoms with E-state index in [1.807, 2.05) is 24.3 Å². The molecule has 226 valence electrons. The number of nitrogens with one attached hydrogen (secondary N) is 3. The number of hydroxylamine groups is 1. The molecule has 0 radical (unpaired) electrons.